The molecule has 1 fully saturated rings. The molecular formula is C7H15NS. The molecule has 1 aliphatic heterocycles. The lowest BCUT2D eigenvalue weighted by atomic mass is 10.2. The smallest absolute Gasteiger partial charge is 0.0180 e. The van der Waals surface area contributed by atoms with E-state index in [2.05, 4.69) is 30.8 Å². The molecular weight excluding hydrogens is 130 g/mol. The lowest BCUT2D eigenvalue weighted by Gasteiger charge is -2.27. The number of hydrogen-bond acceptors (Lipinski definition) is 2. The van der Waals surface area contributed by atoms with Crippen LogP contribution in [0.4, 0.5) is 0 Å². The van der Waals surface area contributed by atoms with E-state index in [0.29, 0.717) is 0 Å². The summed E-state index contributed by atoms with van der Waals surface area (Å²) < 4.78 is 0. The first-order valence-electron chi connectivity index (χ1n) is 3.55. The Bertz CT molecular complexity index is 77.0. The first kappa shape index (κ1) is 7.42. The highest BCUT2D eigenvalue weighted by Gasteiger charge is 2.14. The lowest BCUT2D eigenvalue weighted by molar-refractivity contribution is 0.298. The molecule has 54 valence electrons. The summed E-state index contributed by atoms with van der Waals surface area (Å²) in [4.78, 5) is 2.34. The van der Waals surface area contributed by atoms with Crippen molar-refractivity contribution in [2.24, 2.45) is 0 Å². The summed E-state index contributed by atoms with van der Waals surface area (Å²) >= 11 is 2.09. The highest BCUT2D eigenvalue weighted by molar-refractivity contribution is 7.99. The first-order chi connectivity index (χ1) is 4.30. The van der Waals surface area contributed by atoms with Crippen LogP contribution in [0.5, 0.6) is 0 Å². The molecule has 0 unspecified atom stereocenters. The summed E-state index contributed by atoms with van der Waals surface area (Å²) in [5.41, 5.74) is 0. The van der Waals surface area contributed by atoms with Gasteiger partial charge in [0.05, 0.1) is 0 Å². The second-order valence-electron chi connectivity index (χ2n) is 2.83. The summed E-state index contributed by atoms with van der Waals surface area (Å²) in [6.07, 6.45) is 2.81. The Morgan fingerprint density at radius 3 is 2.56 bits per heavy atom. The monoisotopic (exact) mass is 145 g/mol. The minimum Gasteiger partial charge on any atom is -0.306 e. The molecule has 1 rings (SSSR count). The van der Waals surface area contributed by atoms with E-state index in [4.69, 9.17) is 0 Å². The fourth-order valence-corrected chi connectivity index (χ4v) is 2.41. The van der Waals surface area contributed by atoms with Crippen LogP contribution in [0.25, 0.3) is 0 Å². The second kappa shape index (κ2) is 3.47. The van der Waals surface area contributed by atoms with Gasteiger partial charge in [-0.2, -0.15) is 11.8 Å². The Labute approximate surface area is 61.8 Å². The van der Waals surface area contributed by atoms with Gasteiger partial charge in [-0.25, -0.2) is 0 Å². The standard InChI is InChI=1S/C7H15NS/c1-8(2)7-4-3-5-9-6-7/h7H,3-6H2,1-2H3/t7-/m0/s1. The molecule has 0 aliphatic carbocycles. The highest BCUT2D eigenvalue weighted by Crippen LogP contribution is 2.19. The van der Waals surface area contributed by atoms with Gasteiger partial charge in [-0.05, 0) is 32.7 Å². The fourth-order valence-electron chi connectivity index (χ4n) is 1.13. The normalized spacial score (nSPS) is 29.0. The van der Waals surface area contributed by atoms with Crippen LogP contribution < -0.4 is 0 Å². The molecule has 0 aromatic rings. The number of nitrogens with zero attached hydrogens (tertiary/aromatic N) is 1. The van der Waals surface area contributed by atoms with Gasteiger partial charge in [0.1, 0.15) is 0 Å². The SMILES string of the molecule is CN(C)[C@H]1CCCSC1. The second-order valence-corrected chi connectivity index (χ2v) is 3.98. The van der Waals surface area contributed by atoms with E-state index in [9.17, 15) is 0 Å². The van der Waals surface area contributed by atoms with Crippen LogP contribution in [0.3, 0.4) is 0 Å². The number of thioether (sulfide) groups is 1. The largest absolute Gasteiger partial charge is 0.306 e. The molecule has 1 aliphatic rings. The van der Waals surface area contributed by atoms with Crippen molar-refractivity contribution in [2.45, 2.75) is 18.9 Å². The minimum atomic E-state index is 0.851. The molecule has 0 bridgehead atoms. The molecule has 2 heteroatoms. The molecule has 0 spiro atoms. The van der Waals surface area contributed by atoms with Crippen molar-refractivity contribution >= 4 is 11.8 Å². The zero-order valence-electron chi connectivity index (χ0n) is 6.26. The quantitative estimate of drug-likeness (QED) is 0.549. The summed E-state index contributed by atoms with van der Waals surface area (Å²) in [5, 5.41) is 0. The third-order valence-electron chi connectivity index (χ3n) is 1.87. The predicted octanol–water partition coefficient (Wildman–Crippen LogP) is 1.44. The Morgan fingerprint density at radius 1 is 1.44 bits per heavy atom. The van der Waals surface area contributed by atoms with Crippen LogP contribution in [0, 0.1) is 0 Å². The summed E-state index contributed by atoms with van der Waals surface area (Å²) in [7, 11) is 4.35. The van der Waals surface area contributed by atoms with Crippen LogP contribution in [0.15, 0.2) is 0 Å². The average molecular weight is 145 g/mol. The lowest BCUT2D eigenvalue weighted by Crippen LogP contribution is -2.32. The van der Waals surface area contributed by atoms with Crippen molar-refractivity contribution in [3.05, 3.63) is 0 Å². The van der Waals surface area contributed by atoms with Gasteiger partial charge in [-0.15, -0.1) is 0 Å². The Balaban J connectivity index is 2.23. The Hall–Kier alpha value is 0.310. The number of rotatable bonds is 1. The van der Waals surface area contributed by atoms with E-state index >= 15 is 0 Å². The van der Waals surface area contributed by atoms with Crippen LogP contribution in [0.1, 0.15) is 12.8 Å². The molecule has 1 atom stereocenters. The maximum absolute atomic E-state index is 2.34. The molecule has 1 heterocycles. The van der Waals surface area contributed by atoms with Gasteiger partial charge < -0.3 is 4.90 Å². The van der Waals surface area contributed by atoms with E-state index in [1.54, 1.807) is 0 Å². The Morgan fingerprint density at radius 2 is 2.22 bits per heavy atom. The molecule has 9 heavy (non-hydrogen) atoms. The van der Waals surface area contributed by atoms with E-state index in [-0.39, 0.29) is 0 Å². The third-order valence-corrected chi connectivity index (χ3v) is 3.06. The van der Waals surface area contributed by atoms with E-state index in [1.807, 2.05) is 0 Å². The minimum absolute atomic E-state index is 0.851. The van der Waals surface area contributed by atoms with Crippen molar-refractivity contribution in [2.75, 3.05) is 25.6 Å². The fraction of sp³-hybridized carbons (Fsp3) is 1.00. The molecule has 1 nitrogen and oxygen atoms in total. The van der Waals surface area contributed by atoms with Crippen molar-refractivity contribution in [3.8, 4) is 0 Å². The maximum atomic E-state index is 2.34. The zero-order chi connectivity index (χ0) is 6.69. The molecule has 0 amide bonds. The van der Waals surface area contributed by atoms with Crippen molar-refractivity contribution in [1.29, 1.82) is 0 Å². The molecule has 0 N–H and O–H groups in total. The number of hydrogen-bond donors (Lipinski definition) is 0. The first-order valence-corrected chi connectivity index (χ1v) is 4.70. The van der Waals surface area contributed by atoms with Crippen LogP contribution in [-0.2, 0) is 0 Å². The van der Waals surface area contributed by atoms with E-state index in [0.717, 1.165) is 6.04 Å². The van der Waals surface area contributed by atoms with Crippen LogP contribution in [0.2, 0.25) is 0 Å². The maximum Gasteiger partial charge on any atom is 0.0180 e. The van der Waals surface area contributed by atoms with Crippen LogP contribution in [-0.4, -0.2) is 36.5 Å². The van der Waals surface area contributed by atoms with Gasteiger partial charge in [0.2, 0.25) is 0 Å². The predicted molar refractivity (Wildman–Crippen MR) is 44.0 cm³/mol. The van der Waals surface area contributed by atoms with E-state index in [1.165, 1.54) is 24.3 Å². The van der Waals surface area contributed by atoms with Gasteiger partial charge in [0.15, 0.2) is 0 Å². The summed E-state index contributed by atoms with van der Waals surface area (Å²) in [6.45, 7) is 0. The molecule has 0 aromatic carbocycles. The highest BCUT2D eigenvalue weighted by atomic mass is 32.2. The van der Waals surface area contributed by atoms with Gasteiger partial charge in [-0.3, -0.25) is 0 Å². The third kappa shape index (κ3) is 2.18. The average Bonchev–Trinajstić information content (AvgIpc) is 1.90. The molecule has 0 aromatic heterocycles. The Kier molecular flexibility index (Phi) is 2.86. The van der Waals surface area contributed by atoms with Crippen LogP contribution >= 0.6 is 11.8 Å². The molecule has 1 saturated heterocycles. The molecule has 0 radical (unpaired) electrons. The molecule has 0 saturated carbocycles. The van der Waals surface area contributed by atoms with Crippen molar-refractivity contribution < 1.29 is 0 Å². The van der Waals surface area contributed by atoms with Gasteiger partial charge in [0.25, 0.3) is 0 Å². The van der Waals surface area contributed by atoms with E-state index < -0.39 is 0 Å². The van der Waals surface area contributed by atoms with Crippen molar-refractivity contribution in [3.63, 3.8) is 0 Å². The van der Waals surface area contributed by atoms with Gasteiger partial charge in [0, 0.05) is 11.8 Å². The van der Waals surface area contributed by atoms with Gasteiger partial charge in [-0.1, -0.05) is 0 Å². The van der Waals surface area contributed by atoms with Gasteiger partial charge >= 0.3 is 0 Å². The zero-order valence-corrected chi connectivity index (χ0v) is 7.08. The van der Waals surface area contributed by atoms with Crippen molar-refractivity contribution in [1.82, 2.24) is 4.90 Å². The summed E-state index contributed by atoms with van der Waals surface area (Å²) in [6, 6.07) is 0.851. The topological polar surface area (TPSA) is 3.24 Å². The summed E-state index contributed by atoms with van der Waals surface area (Å²) in [5.74, 6) is 2.72.